The van der Waals surface area contributed by atoms with Crippen LogP contribution in [0.25, 0.3) is 0 Å². The van der Waals surface area contributed by atoms with Crippen LogP contribution in [0.5, 0.6) is 0 Å². The van der Waals surface area contributed by atoms with Gasteiger partial charge in [0.25, 0.3) is 5.91 Å². The predicted octanol–water partition coefficient (Wildman–Crippen LogP) is 3.49. The fourth-order valence-corrected chi connectivity index (χ4v) is 3.29. The zero-order chi connectivity index (χ0) is 17.0. The molecule has 2 aromatic rings. The van der Waals surface area contributed by atoms with Crippen molar-refractivity contribution in [2.45, 2.75) is 17.4 Å². The number of rotatable bonds is 5. The van der Waals surface area contributed by atoms with E-state index in [0.29, 0.717) is 20.6 Å². The topological polar surface area (TPSA) is 66.4 Å². The molecule has 0 aliphatic heterocycles. The van der Waals surface area contributed by atoms with Crippen LogP contribution in [0.1, 0.15) is 6.92 Å². The van der Waals surface area contributed by atoms with Crippen LogP contribution in [0.15, 0.2) is 53.4 Å². The summed E-state index contributed by atoms with van der Waals surface area (Å²) in [6.45, 7) is 1.33. The lowest BCUT2D eigenvalue weighted by molar-refractivity contribution is -0.130. The highest BCUT2D eigenvalue weighted by molar-refractivity contribution is 7.85. The lowest BCUT2D eigenvalue weighted by atomic mass is 10.1. The summed E-state index contributed by atoms with van der Waals surface area (Å²) in [6, 6.07) is 12.9. The standard InChI is InChI=1S/C16H15Cl2NO3S/c1-16(21,10-23(22)14-8-4-12(18)5-9-14)15(20)19-13-6-2-11(17)3-7-13/h2-9,21H,10H2,1H3,(H,19,20)/t16-,23-/m1/s1. The molecule has 0 spiro atoms. The van der Waals surface area contributed by atoms with Crippen LogP contribution < -0.4 is 5.32 Å². The normalized spacial score (nSPS) is 14.8. The molecule has 2 aromatic carbocycles. The number of halogens is 2. The summed E-state index contributed by atoms with van der Waals surface area (Å²) in [5, 5.41) is 14.0. The number of aliphatic hydroxyl groups is 1. The van der Waals surface area contributed by atoms with E-state index in [4.69, 9.17) is 23.2 Å². The number of carbonyl (C=O) groups is 1. The molecule has 0 radical (unpaired) electrons. The summed E-state index contributed by atoms with van der Waals surface area (Å²) in [4.78, 5) is 12.7. The second kappa shape index (κ2) is 7.45. The van der Waals surface area contributed by atoms with Crippen molar-refractivity contribution in [2.75, 3.05) is 11.1 Å². The Labute approximate surface area is 146 Å². The fraction of sp³-hybridized carbons (Fsp3) is 0.188. The van der Waals surface area contributed by atoms with Crippen molar-refractivity contribution in [1.29, 1.82) is 0 Å². The van der Waals surface area contributed by atoms with Gasteiger partial charge in [0.05, 0.1) is 16.6 Å². The highest BCUT2D eigenvalue weighted by atomic mass is 35.5. The van der Waals surface area contributed by atoms with Gasteiger partial charge in [0.15, 0.2) is 5.60 Å². The second-order valence-corrected chi connectivity index (χ2v) is 7.50. The van der Waals surface area contributed by atoms with E-state index in [1.54, 1.807) is 48.5 Å². The van der Waals surface area contributed by atoms with Crippen molar-refractivity contribution in [3.63, 3.8) is 0 Å². The van der Waals surface area contributed by atoms with Crippen LogP contribution in [0.4, 0.5) is 5.69 Å². The number of nitrogens with one attached hydrogen (secondary N) is 1. The molecular formula is C16H15Cl2NO3S. The van der Waals surface area contributed by atoms with E-state index in [2.05, 4.69) is 5.32 Å². The monoisotopic (exact) mass is 371 g/mol. The van der Waals surface area contributed by atoms with Crippen LogP contribution in [0, 0.1) is 0 Å². The van der Waals surface area contributed by atoms with E-state index in [1.807, 2.05) is 0 Å². The second-order valence-electron chi connectivity index (χ2n) is 5.18. The SMILES string of the molecule is C[C@@](O)(C[S@@](=O)c1ccc(Cl)cc1)C(=O)Nc1ccc(Cl)cc1. The molecule has 122 valence electrons. The molecule has 0 bridgehead atoms. The van der Waals surface area contributed by atoms with E-state index in [0.717, 1.165) is 0 Å². The first-order valence-corrected chi connectivity index (χ1v) is 8.79. The third kappa shape index (κ3) is 5.04. The Morgan fingerprint density at radius 1 is 1.09 bits per heavy atom. The highest BCUT2D eigenvalue weighted by Crippen LogP contribution is 2.19. The van der Waals surface area contributed by atoms with Gasteiger partial charge in [-0.25, -0.2) is 0 Å². The van der Waals surface area contributed by atoms with Gasteiger partial charge >= 0.3 is 0 Å². The van der Waals surface area contributed by atoms with Gasteiger partial charge in [-0.1, -0.05) is 23.2 Å². The molecule has 0 aliphatic carbocycles. The lowest BCUT2D eigenvalue weighted by Crippen LogP contribution is -2.44. The zero-order valence-corrected chi connectivity index (χ0v) is 14.6. The average Bonchev–Trinajstić information content (AvgIpc) is 2.49. The first-order valence-electron chi connectivity index (χ1n) is 6.71. The van der Waals surface area contributed by atoms with Crippen molar-refractivity contribution >= 4 is 45.6 Å². The minimum Gasteiger partial charge on any atom is -0.379 e. The van der Waals surface area contributed by atoms with Gasteiger partial charge in [0, 0.05) is 20.6 Å². The van der Waals surface area contributed by atoms with Crippen LogP contribution in [-0.4, -0.2) is 26.6 Å². The summed E-state index contributed by atoms with van der Waals surface area (Å²) in [5.74, 6) is -0.865. The van der Waals surface area contributed by atoms with Crippen molar-refractivity contribution in [3.05, 3.63) is 58.6 Å². The van der Waals surface area contributed by atoms with Gasteiger partial charge in [-0.3, -0.25) is 9.00 Å². The lowest BCUT2D eigenvalue weighted by Gasteiger charge is -2.22. The predicted molar refractivity (Wildman–Crippen MR) is 93.4 cm³/mol. The average molecular weight is 372 g/mol. The quantitative estimate of drug-likeness (QED) is 0.845. The molecule has 0 aromatic heterocycles. The summed E-state index contributed by atoms with van der Waals surface area (Å²) < 4.78 is 12.3. The van der Waals surface area contributed by atoms with E-state index in [-0.39, 0.29) is 5.75 Å². The van der Waals surface area contributed by atoms with E-state index in [9.17, 15) is 14.1 Å². The van der Waals surface area contributed by atoms with Gasteiger partial charge in [0.1, 0.15) is 0 Å². The number of anilines is 1. The van der Waals surface area contributed by atoms with Crippen LogP contribution >= 0.6 is 23.2 Å². The number of carbonyl (C=O) groups excluding carboxylic acids is 1. The molecule has 0 fully saturated rings. The van der Waals surface area contributed by atoms with Gasteiger partial charge in [-0.15, -0.1) is 0 Å². The molecule has 0 saturated carbocycles. The first-order chi connectivity index (χ1) is 10.8. The van der Waals surface area contributed by atoms with Gasteiger partial charge in [-0.2, -0.15) is 0 Å². The summed E-state index contributed by atoms with van der Waals surface area (Å²) in [6.07, 6.45) is 0. The first kappa shape index (κ1) is 17.9. The molecule has 2 rings (SSSR count). The van der Waals surface area contributed by atoms with Crippen molar-refractivity contribution in [2.24, 2.45) is 0 Å². The maximum atomic E-state index is 12.3. The maximum Gasteiger partial charge on any atom is 0.257 e. The van der Waals surface area contributed by atoms with E-state index in [1.165, 1.54) is 6.92 Å². The number of hydrogen-bond donors (Lipinski definition) is 2. The number of benzene rings is 2. The largest absolute Gasteiger partial charge is 0.379 e. The van der Waals surface area contributed by atoms with E-state index < -0.39 is 22.3 Å². The van der Waals surface area contributed by atoms with E-state index >= 15 is 0 Å². The molecular weight excluding hydrogens is 357 g/mol. The van der Waals surface area contributed by atoms with Gasteiger partial charge < -0.3 is 10.4 Å². The minimum atomic E-state index is -1.79. The number of hydrogen-bond acceptors (Lipinski definition) is 3. The van der Waals surface area contributed by atoms with Crippen molar-refractivity contribution in [3.8, 4) is 0 Å². The highest BCUT2D eigenvalue weighted by Gasteiger charge is 2.33. The van der Waals surface area contributed by atoms with Gasteiger partial charge in [-0.05, 0) is 55.5 Å². The Hall–Kier alpha value is -1.40. The summed E-state index contributed by atoms with van der Waals surface area (Å²) in [7, 11) is -1.53. The zero-order valence-electron chi connectivity index (χ0n) is 12.3. The summed E-state index contributed by atoms with van der Waals surface area (Å²) in [5.41, 5.74) is -1.29. The Morgan fingerprint density at radius 2 is 1.57 bits per heavy atom. The molecule has 7 heteroatoms. The van der Waals surface area contributed by atoms with Gasteiger partial charge in [0.2, 0.25) is 0 Å². The molecule has 0 heterocycles. The third-order valence-electron chi connectivity index (χ3n) is 3.08. The summed E-state index contributed by atoms with van der Waals surface area (Å²) >= 11 is 11.6. The fourth-order valence-electron chi connectivity index (χ4n) is 1.79. The Morgan fingerprint density at radius 3 is 2.09 bits per heavy atom. The smallest absolute Gasteiger partial charge is 0.257 e. The number of amides is 1. The van der Waals surface area contributed by atoms with Crippen LogP contribution in [-0.2, 0) is 15.6 Å². The molecule has 23 heavy (non-hydrogen) atoms. The van der Waals surface area contributed by atoms with Crippen LogP contribution in [0.2, 0.25) is 10.0 Å². The van der Waals surface area contributed by atoms with Crippen molar-refractivity contribution in [1.82, 2.24) is 0 Å². The molecule has 0 unspecified atom stereocenters. The third-order valence-corrected chi connectivity index (χ3v) is 5.21. The molecule has 2 N–H and O–H groups in total. The molecule has 4 nitrogen and oxygen atoms in total. The molecule has 1 amide bonds. The van der Waals surface area contributed by atoms with Crippen molar-refractivity contribution < 1.29 is 14.1 Å². The molecule has 2 atom stereocenters. The Kier molecular flexibility index (Phi) is 5.81. The maximum absolute atomic E-state index is 12.3. The molecule has 0 aliphatic rings. The van der Waals surface area contributed by atoms with Crippen LogP contribution in [0.3, 0.4) is 0 Å². The Bertz CT molecular complexity index is 715. The Balaban J connectivity index is 2.04. The minimum absolute atomic E-state index is 0.228. The molecule has 0 saturated heterocycles.